The number of methoxy groups -OCH3 is 1. The molecule has 3 rings (SSSR count). The summed E-state index contributed by atoms with van der Waals surface area (Å²) in [5.41, 5.74) is 2.69. The number of rotatable bonds is 5. The topological polar surface area (TPSA) is 62.1 Å². The van der Waals surface area contributed by atoms with Gasteiger partial charge in [0.25, 0.3) is 0 Å². The Kier molecular flexibility index (Phi) is 5.75. The fourth-order valence-corrected chi connectivity index (χ4v) is 4.56. The van der Waals surface area contributed by atoms with Crippen LogP contribution in [-0.2, 0) is 17.6 Å². The van der Waals surface area contributed by atoms with Crippen molar-refractivity contribution in [3.63, 3.8) is 0 Å². The maximum Gasteiger partial charge on any atom is 0.249 e. The van der Waals surface area contributed by atoms with Crippen LogP contribution >= 0.6 is 11.3 Å². The Balaban J connectivity index is 1.72. The Hall–Kier alpha value is -2.58. The normalized spacial score (nSPS) is 16.1. The molecule has 0 fully saturated rings. The number of fused-ring (bicyclic) bond motifs is 1. The zero-order valence-corrected chi connectivity index (χ0v) is 15.9. The van der Waals surface area contributed by atoms with Crippen molar-refractivity contribution in [2.75, 3.05) is 12.4 Å². The van der Waals surface area contributed by atoms with E-state index < -0.39 is 0 Å². The second-order valence-corrected chi connectivity index (χ2v) is 7.54. The van der Waals surface area contributed by atoms with Crippen LogP contribution < -0.4 is 10.1 Å². The molecule has 0 saturated carbocycles. The Morgan fingerprint density at radius 2 is 2.19 bits per heavy atom. The maximum atomic E-state index is 12.3. The molecule has 0 saturated heterocycles. The van der Waals surface area contributed by atoms with Crippen LogP contribution in [0.5, 0.6) is 5.75 Å². The first-order chi connectivity index (χ1) is 12.6. The average Bonchev–Trinajstić information content (AvgIpc) is 3.02. The number of carbonyl (C=O) groups excluding carboxylic acids is 1. The van der Waals surface area contributed by atoms with Gasteiger partial charge in [-0.3, -0.25) is 4.79 Å². The van der Waals surface area contributed by atoms with Crippen LogP contribution in [0.2, 0.25) is 0 Å². The summed E-state index contributed by atoms with van der Waals surface area (Å²) in [7, 11) is 1.62. The van der Waals surface area contributed by atoms with E-state index in [-0.39, 0.29) is 5.91 Å². The van der Waals surface area contributed by atoms with Crippen molar-refractivity contribution in [3.8, 4) is 11.8 Å². The number of carbonyl (C=O) groups is 1. The molecule has 1 atom stereocenters. The third-order valence-corrected chi connectivity index (χ3v) is 6.01. The van der Waals surface area contributed by atoms with Gasteiger partial charge < -0.3 is 10.1 Å². The molecule has 1 heterocycles. The zero-order valence-electron chi connectivity index (χ0n) is 15.0. The highest BCUT2D eigenvalue weighted by Crippen LogP contribution is 2.39. The molecule has 1 aromatic carbocycles. The molecule has 1 aromatic heterocycles. The zero-order chi connectivity index (χ0) is 18.5. The van der Waals surface area contributed by atoms with Crippen LogP contribution in [0.4, 0.5) is 5.00 Å². The summed E-state index contributed by atoms with van der Waals surface area (Å²) in [4.78, 5) is 13.5. The third kappa shape index (κ3) is 3.97. The van der Waals surface area contributed by atoms with Crippen LogP contribution in [0, 0.1) is 17.2 Å². The van der Waals surface area contributed by atoms with Gasteiger partial charge in [0.15, 0.2) is 0 Å². The maximum absolute atomic E-state index is 12.3. The lowest BCUT2D eigenvalue weighted by atomic mass is 9.86. The number of thiophene rings is 1. The first kappa shape index (κ1) is 18.2. The Bertz CT molecular complexity index is 859. The molecule has 134 valence electrons. The van der Waals surface area contributed by atoms with E-state index in [9.17, 15) is 10.1 Å². The molecule has 0 spiro atoms. The summed E-state index contributed by atoms with van der Waals surface area (Å²) in [6.07, 6.45) is 7.48. The van der Waals surface area contributed by atoms with Crippen molar-refractivity contribution in [2.45, 2.75) is 32.6 Å². The molecule has 1 aliphatic carbocycles. The minimum atomic E-state index is -0.219. The van der Waals surface area contributed by atoms with Gasteiger partial charge in [-0.25, -0.2) is 0 Å². The number of nitrogens with one attached hydrogen (secondary N) is 1. The molecule has 4 nitrogen and oxygen atoms in total. The van der Waals surface area contributed by atoms with E-state index in [4.69, 9.17) is 4.74 Å². The monoisotopic (exact) mass is 366 g/mol. The number of benzene rings is 1. The van der Waals surface area contributed by atoms with E-state index >= 15 is 0 Å². The molecule has 2 aromatic rings. The van der Waals surface area contributed by atoms with Crippen LogP contribution in [0.1, 0.15) is 41.3 Å². The summed E-state index contributed by atoms with van der Waals surface area (Å²) < 4.78 is 5.12. The minimum absolute atomic E-state index is 0.219. The highest BCUT2D eigenvalue weighted by Gasteiger charge is 2.25. The van der Waals surface area contributed by atoms with E-state index in [1.165, 1.54) is 11.0 Å². The molecule has 0 bridgehead atoms. The third-order valence-electron chi connectivity index (χ3n) is 4.84. The molecule has 1 aliphatic rings. The standard InChI is InChI=1S/C21H22N2O2S/c1-3-14-6-10-17-18(13-22)21(26-19(17)12-14)23-20(24)11-7-15-4-8-16(25-2)9-5-15/h4-5,7-9,11,14H,3,6,10,12H2,1-2H3,(H,23,24). The van der Waals surface area contributed by atoms with Crippen molar-refractivity contribution in [1.29, 1.82) is 5.26 Å². The Labute approximate surface area is 158 Å². The fourth-order valence-electron chi connectivity index (χ4n) is 3.25. The molecule has 1 N–H and O–H groups in total. The highest BCUT2D eigenvalue weighted by atomic mass is 32.1. The predicted octanol–water partition coefficient (Wildman–Crippen LogP) is 4.80. The van der Waals surface area contributed by atoms with Gasteiger partial charge in [0.1, 0.15) is 16.8 Å². The first-order valence-electron chi connectivity index (χ1n) is 8.82. The molecule has 1 amide bonds. The number of hydrogen-bond acceptors (Lipinski definition) is 4. The van der Waals surface area contributed by atoms with Crippen molar-refractivity contribution in [3.05, 3.63) is 51.9 Å². The van der Waals surface area contributed by atoms with E-state index in [2.05, 4.69) is 18.3 Å². The molecule has 1 unspecified atom stereocenters. The highest BCUT2D eigenvalue weighted by molar-refractivity contribution is 7.16. The van der Waals surface area contributed by atoms with Crippen molar-refractivity contribution < 1.29 is 9.53 Å². The number of amides is 1. The van der Waals surface area contributed by atoms with E-state index in [0.717, 1.165) is 42.6 Å². The van der Waals surface area contributed by atoms with Gasteiger partial charge in [-0.05, 0) is 54.5 Å². The lowest BCUT2D eigenvalue weighted by Crippen LogP contribution is -2.12. The molecular weight excluding hydrogens is 344 g/mol. The van der Waals surface area contributed by atoms with Gasteiger partial charge >= 0.3 is 0 Å². The van der Waals surface area contributed by atoms with Crippen molar-refractivity contribution in [2.24, 2.45) is 5.92 Å². The number of nitriles is 1. The van der Waals surface area contributed by atoms with Gasteiger partial charge in [0.05, 0.1) is 12.7 Å². The summed E-state index contributed by atoms with van der Waals surface area (Å²) >= 11 is 1.56. The second-order valence-electron chi connectivity index (χ2n) is 6.43. The van der Waals surface area contributed by atoms with Gasteiger partial charge in [-0.2, -0.15) is 5.26 Å². The summed E-state index contributed by atoms with van der Waals surface area (Å²) in [5, 5.41) is 13.1. The van der Waals surface area contributed by atoms with Crippen LogP contribution in [0.25, 0.3) is 6.08 Å². The predicted molar refractivity (Wildman–Crippen MR) is 105 cm³/mol. The van der Waals surface area contributed by atoms with Crippen LogP contribution in [0.15, 0.2) is 30.3 Å². The number of hydrogen-bond donors (Lipinski definition) is 1. The second kappa shape index (κ2) is 8.20. The molecule has 26 heavy (non-hydrogen) atoms. The van der Waals surface area contributed by atoms with E-state index in [1.807, 2.05) is 24.3 Å². The number of nitrogens with zero attached hydrogens (tertiary/aromatic N) is 1. The van der Waals surface area contributed by atoms with E-state index in [0.29, 0.717) is 16.5 Å². The summed E-state index contributed by atoms with van der Waals surface area (Å²) in [6, 6.07) is 9.76. The summed E-state index contributed by atoms with van der Waals surface area (Å²) in [5.74, 6) is 1.24. The number of ether oxygens (including phenoxy) is 1. The smallest absolute Gasteiger partial charge is 0.249 e. The lowest BCUT2D eigenvalue weighted by molar-refractivity contribution is -0.111. The Morgan fingerprint density at radius 1 is 1.42 bits per heavy atom. The largest absolute Gasteiger partial charge is 0.497 e. The molecule has 5 heteroatoms. The number of anilines is 1. The average molecular weight is 366 g/mol. The van der Waals surface area contributed by atoms with Crippen LogP contribution in [0.3, 0.4) is 0 Å². The van der Waals surface area contributed by atoms with Gasteiger partial charge in [-0.1, -0.05) is 25.5 Å². The fraction of sp³-hybridized carbons (Fsp3) is 0.333. The minimum Gasteiger partial charge on any atom is -0.497 e. The quantitative estimate of drug-likeness (QED) is 0.774. The van der Waals surface area contributed by atoms with Gasteiger partial charge in [-0.15, -0.1) is 11.3 Å². The van der Waals surface area contributed by atoms with Crippen LogP contribution in [-0.4, -0.2) is 13.0 Å². The van der Waals surface area contributed by atoms with Gasteiger partial charge in [0.2, 0.25) is 5.91 Å². The molecule has 0 radical (unpaired) electrons. The summed E-state index contributed by atoms with van der Waals surface area (Å²) in [6.45, 7) is 2.21. The first-order valence-corrected chi connectivity index (χ1v) is 9.64. The lowest BCUT2D eigenvalue weighted by Gasteiger charge is -2.20. The molecule has 0 aliphatic heterocycles. The van der Waals surface area contributed by atoms with E-state index in [1.54, 1.807) is 24.5 Å². The van der Waals surface area contributed by atoms with Crippen molar-refractivity contribution >= 4 is 28.3 Å². The van der Waals surface area contributed by atoms with Crippen molar-refractivity contribution in [1.82, 2.24) is 0 Å². The SMILES string of the molecule is CCC1CCc2c(sc(NC(=O)C=Cc3ccc(OC)cc3)c2C#N)C1. The molecular formula is C21H22N2O2S. The Morgan fingerprint density at radius 3 is 2.85 bits per heavy atom. The van der Waals surface area contributed by atoms with Gasteiger partial charge in [0, 0.05) is 11.0 Å².